The molecule has 0 bridgehead atoms. The highest BCUT2D eigenvalue weighted by molar-refractivity contribution is 6.09. The largest absolute Gasteiger partial charge is 0.330 e. The molecule has 2 aliphatic rings. The van der Waals surface area contributed by atoms with Crippen LogP contribution in [-0.2, 0) is 0 Å². The quantitative estimate of drug-likeness (QED) is 0.160. The zero-order valence-electron chi connectivity index (χ0n) is 32.8. The lowest BCUT2D eigenvalue weighted by atomic mass is 9.74. The Labute approximate surface area is 342 Å². The molecule has 2 unspecified atom stereocenters. The van der Waals surface area contributed by atoms with Gasteiger partial charge in [0.25, 0.3) is 0 Å². The van der Waals surface area contributed by atoms with Crippen LogP contribution in [0.2, 0.25) is 0 Å². The van der Waals surface area contributed by atoms with E-state index in [2.05, 4.69) is 242 Å². The second-order valence-electron chi connectivity index (χ2n) is 15.4. The number of fused-ring (bicyclic) bond motifs is 2. The van der Waals surface area contributed by atoms with Gasteiger partial charge < -0.3 is 9.80 Å². The molecule has 278 valence electrons. The molecular weight excluding hydrogens is 701 g/mol. The van der Waals surface area contributed by atoms with Crippen molar-refractivity contribution in [1.29, 1.82) is 0 Å². The van der Waals surface area contributed by atoms with Crippen molar-refractivity contribution in [1.82, 2.24) is 0 Å². The number of hydrogen-bond acceptors (Lipinski definition) is 2. The van der Waals surface area contributed by atoms with Crippen molar-refractivity contribution in [2.24, 2.45) is 0 Å². The van der Waals surface area contributed by atoms with E-state index in [9.17, 15) is 0 Å². The minimum absolute atomic E-state index is 0.167. The molecule has 2 heteroatoms. The van der Waals surface area contributed by atoms with Crippen LogP contribution in [-0.4, -0.2) is 0 Å². The Morgan fingerprint density at radius 3 is 0.931 bits per heavy atom. The van der Waals surface area contributed by atoms with Gasteiger partial charge in [-0.15, -0.1) is 0 Å². The Morgan fingerprint density at radius 2 is 0.586 bits per heavy atom. The third-order valence-corrected chi connectivity index (χ3v) is 11.8. The molecule has 2 aliphatic heterocycles. The van der Waals surface area contributed by atoms with E-state index in [1.807, 2.05) is 0 Å². The van der Waals surface area contributed by atoms with E-state index in [1.54, 1.807) is 0 Å². The number of rotatable bonds is 7. The van der Waals surface area contributed by atoms with Crippen LogP contribution in [0.1, 0.15) is 67.7 Å². The standard InChI is InChI=1S/C56H44N2/c1-39-31-35-45(36-32-39)57-53(43-23-11-5-12-24-43)51(41-19-7-3-8-20-41)47-27-15-17-29-49(47)55(57)56-50-30-18-16-28-48(50)52(42-21-9-4-10-22-42)54(44-25-13-6-14-26-44)58(56)46-37-33-40(2)34-38-46/h3-38,55-56H,1-2H3. The fourth-order valence-corrected chi connectivity index (χ4v) is 9.18. The molecule has 0 amide bonds. The molecule has 0 spiro atoms. The SMILES string of the molecule is Cc1ccc(N2C(c3ccccc3)=C(c3ccccc3)c3ccccc3C2C2c3ccccc3C(c3ccccc3)=C(c3ccccc3)N2c2ccc(C)cc2)cc1. The first-order valence-corrected chi connectivity index (χ1v) is 20.3. The van der Waals surface area contributed by atoms with Crippen LogP contribution >= 0.6 is 0 Å². The third kappa shape index (κ3) is 6.15. The summed E-state index contributed by atoms with van der Waals surface area (Å²) in [6.07, 6.45) is 0. The van der Waals surface area contributed by atoms with E-state index in [0.29, 0.717) is 0 Å². The summed E-state index contributed by atoms with van der Waals surface area (Å²) in [6, 6.07) is 80.2. The molecule has 0 radical (unpaired) electrons. The maximum absolute atomic E-state index is 2.66. The van der Waals surface area contributed by atoms with Crippen LogP contribution in [0, 0.1) is 13.8 Å². The highest BCUT2D eigenvalue weighted by Crippen LogP contribution is 2.58. The summed E-state index contributed by atoms with van der Waals surface area (Å²) in [7, 11) is 0. The lowest BCUT2D eigenvalue weighted by molar-refractivity contribution is 0.544. The van der Waals surface area contributed by atoms with Crippen molar-refractivity contribution in [2.45, 2.75) is 25.9 Å². The smallest absolute Gasteiger partial charge is 0.0847 e. The number of aryl methyl sites for hydroxylation is 2. The van der Waals surface area contributed by atoms with Gasteiger partial charge in [0.1, 0.15) is 0 Å². The average molecular weight is 745 g/mol. The van der Waals surface area contributed by atoms with Crippen molar-refractivity contribution in [3.63, 3.8) is 0 Å². The van der Waals surface area contributed by atoms with E-state index >= 15 is 0 Å². The van der Waals surface area contributed by atoms with Crippen molar-refractivity contribution >= 4 is 33.9 Å². The lowest BCUT2D eigenvalue weighted by Gasteiger charge is -2.51. The molecule has 2 heterocycles. The van der Waals surface area contributed by atoms with Gasteiger partial charge in [-0.1, -0.05) is 205 Å². The van der Waals surface area contributed by atoms with E-state index in [1.165, 1.54) is 78.2 Å². The normalized spacial score (nSPS) is 16.2. The lowest BCUT2D eigenvalue weighted by Crippen LogP contribution is -2.44. The number of benzene rings is 8. The predicted molar refractivity (Wildman–Crippen MR) is 243 cm³/mol. The summed E-state index contributed by atoms with van der Waals surface area (Å²) >= 11 is 0. The Bertz CT molecular complexity index is 2570. The average Bonchev–Trinajstić information content (AvgIpc) is 3.29. The fourth-order valence-electron chi connectivity index (χ4n) is 9.18. The molecule has 0 aliphatic carbocycles. The molecule has 0 N–H and O–H groups in total. The van der Waals surface area contributed by atoms with Gasteiger partial charge in [-0.25, -0.2) is 0 Å². The van der Waals surface area contributed by atoms with E-state index in [-0.39, 0.29) is 12.1 Å². The first kappa shape index (κ1) is 35.3. The first-order chi connectivity index (χ1) is 28.7. The van der Waals surface area contributed by atoms with Crippen LogP contribution in [0.3, 0.4) is 0 Å². The van der Waals surface area contributed by atoms with Gasteiger partial charge in [0.2, 0.25) is 0 Å². The molecule has 8 aromatic carbocycles. The molecule has 2 nitrogen and oxygen atoms in total. The zero-order valence-corrected chi connectivity index (χ0v) is 32.8. The van der Waals surface area contributed by atoms with Crippen LogP contribution in [0.4, 0.5) is 11.4 Å². The highest BCUT2D eigenvalue weighted by Gasteiger charge is 2.46. The number of nitrogens with zero attached hydrogens (tertiary/aromatic N) is 2. The monoisotopic (exact) mass is 744 g/mol. The van der Waals surface area contributed by atoms with E-state index in [4.69, 9.17) is 0 Å². The number of anilines is 2. The van der Waals surface area contributed by atoms with Crippen molar-refractivity contribution < 1.29 is 0 Å². The molecule has 58 heavy (non-hydrogen) atoms. The molecular formula is C56H44N2. The molecule has 0 saturated carbocycles. The Morgan fingerprint density at radius 1 is 0.293 bits per heavy atom. The number of hydrogen-bond donors (Lipinski definition) is 0. The van der Waals surface area contributed by atoms with Crippen molar-refractivity contribution in [3.8, 4) is 0 Å². The molecule has 0 fully saturated rings. The summed E-state index contributed by atoms with van der Waals surface area (Å²) < 4.78 is 0. The predicted octanol–water partition coefficient (Wildman–Crippen LogP) is 14.0. The van der Waals surface area contributed by atoms with Crippen LogP contribution < -0.4 is 9.80 Å². The second-order valence-corrected chi connectivity index (χ2v) is 15.4. The van der Waals surface area contributed by atoms with Gasteiger partial charge in [-0.3, -0.25) is 0 Å². The van der Waals surface area contributed by atoms with Gasteiger partial charge in [0.15, 0.2) is 0 Å². The van der Waals surface area contributed by atoms with Crippen LogP contribution in [0.15, 0.2) is 218 Å². The second kappa shape index (κ2) is 15.1. The van der Waals surface area contributed by atoms with Gasteiger partial charge in [-0.05, 0) is 82.6 Å². The van der Waals surface area contributed by atoms with Crippen molar-refractivity contribution in [2.75, 3.05) is 9.80 Å². The van der Waals surface area contributed by atoms with Crippen LogP contribution in [0.25, 0.3) is 22.5 Å². The summed E-state index contributed by atoms with van der Waals surface area (Å²) in [4.78, 5) is 5.33. The molecule has 0 aromatic heterocycles. The van der Waals surface area contributed by atoms with Crippen molar-refractivity contribution in [3.05, 3.63) is 274 Å². The van der Waals surface area contributed by atoms with E-state index in [0.717, 1.165) is 11.4 Å². The third-order valence-electron chi connectivity index (χ3n) is 11.8. The maximum Gasteiger partial charge on any atom is 0.0847 e. The molecule has 10 rings (SSSR count). The van der Waals surface area contributed by atoms with Gasteiger partial charge in [0.05, 0.1) is 23.5 Å². The van der Waals surface area contributed by atoms with Gasteiger partial charge >= 0.3 is 0 Å². The summed E-state index contributed by atoms with van der Waals surface area (Å²) in [5, 5.41) is 0. The Balaban J connectivity index is 1.36. The Hall–Kier alpha value is -7.16. The minimum Gasteiger partial charge on any atom is -0.330 e. The maximum atomic E-state index is 2.66. The summed E-state index contributed by atoms with van der Waals surface area (Å²) in [5.41, 5.74) is 19.4. The molecule has 8 aromatic rings. The summed E-state index contributed by atoms with van der Waals surface area (Å²) in [5.74, 6) is 0. The summed E-state index contributed by atoms with van der Waals surface area (Å²) in [6.45, 7) is 4.35. The molecule has 2 atom stereocenters. The fraction of sp³-hybridized carbons (Fsp3) is 0.0714. The topological polar surface area (TPSA) is 6.48 Å². The zero-order chi connectivity index (χ0) is 39.0. The highest BCUT2D eigenvalue weighted by atomic mass is 15.3. The van der Waals surface area contributed by atoms with Gasteiger partial charge in [0, 0.05) is 22.5 Å². The minimum atomic E-state index is -0.167. The Kier molecular flexibility index (Phi) is 9.16. The first-order valence-electron chi connectivity index (χ1n) is 20.3. The van der Waals surface area contributed by atoms with E-state index < -0.39 is 0 Å². The molecule has 0 saturated heterocycles. The van der Waals surface area contributed by atoms with Gasteiger partial charge in [-0.2, -0.15) is 0 Å². The van der Waals surface area contributed by atoms with Crippen LogP contribution in [0.5, 0.6) is 0 Å².